The van der Waals surface area contributed by atoms with Crippen LogP contribution in [0.4, 0.5) is 4.39 Å². The standard InChI is InChI=1S/C22H29ClFNO2/c1-3-5-6-7-12-25-15-18-13-21(26-4-2)22(14-20(18)23)27-16-17-8-10-19(24)11-9-17/h8-11,13-14,25H,3-7,12,15-16H2,1-2H3. The molecule has 0 bridgehead atoms. The van der Waals surface area contributed by atoms with E-state index in [9.17, 15) is 4.39 Å². The van der Waals surface area contributed by atoms with Gasteiger partial charge in [-0.25, -0.2) is 4.39 Å². The highest BCUT2D eigenvalue weighted by atomic mass is 35.5. The topological polar surface area (TPSA) is 30.5 Å². The van der Waals surface area contributed by atoms with Crippen molar-refractivity contribution in [3.8, 4) is 11.5 Å². The van der Waals surface area contributed by atoms with Gasteiger partial charge in [-0.1, -0.05) is 49.9 Å². The summed E-state index contributed by atoms with van der Waals surface area (Å²) in [5.74, 6) is 1.01. The fourth-order valence-electron chi connectivity index (χ4n) is 2.74. The first-order valence-electron chi connectivity index (χ1n) is 9.67. The molecule has 0 amide bonds. The van der Waals surface area contributed by atoms with E-state index in [2.05, 4.69) is 12.2 Å². The number of hydrogen-bond acceptors (Lipinski definition) is 3. The fourth-order valence-corrected chi connectivity index (χ4v) is 2.96. The van der Waals surface area contributed by atoms with Crippen molar-refractivity contribution in [3.63, 3.8) is 0 Å². The number of rotatable bonds is 12. The number of ether oxygens (including phenoxy) is 2. The van der Waals surface area contributed by atoms with Gasteiger partial charge in [0.2, 0.25) is 0 Å². The molecule has 0 heterocycles. The molecule has 27 heavy (non-hydrogen) atoms. The van der Waals surface area contributed by atoms with Gasteiger partial charge >= 0.3 is 0 Å². The smallest absolute Gasteiger partial charge is 0.163 e. The van der Waals surface area contributed by atoms with Crippen molar-refractivity contribution in [3.05, 3.63) is 58.4 Å². The quantitative estimate of drug-likeness (QED) is 0.440. The third-order valence-corrected chi connectivity index (χ3v) is 4.59. The first kappa shape index (κ1) is 21.5. The minimum absolute atomic E-state index is 0.261. The van der Waals surface area contributed by atoms with Gasteiger partial charge in [0.1, 0.15) is 12.4 Å². The molecule has 0 fully saturated rings. The van der Waals surface area contributed by atoms with Crippen molar-refractivity contribution in [1.29, 1.82) is 0 Å². The SMILES string of the molecule is CCCCCCNCc1cc(OCC)c(OCc2ccc(F)cc2)cc1Cl. The zero-order chi connectivity index (χ0) is 19.5. The lowest BCUT2D eigenvalue weighted by atomic mass is 10.1. The van der Waals surface area contributed by atoms with Gasteiger partial charge in [0.05, 0.1) is 6.61 Å². The van der Waals surface area contributed by atoms with E-state index in [-0.39, 0.29) is 5.82 Å². The molecule has 2 aromatic carbocycles. The highest BCUT2D eigenvalue weighted by molar-refractivity contribution is 6.31. The van der Waals surface area contributed by atoms with Gasteiger partial charge in [-0.2, -0.15) is 0 Å². The molecule has 2 aromatic rings. The average molecular weight is 394 g/mol. The van der Waals surface area contributed by atoms with E-state index in [1.54, 1.807) is 18.2 Å². The van der Waals surface area contributed by atoms with Crippen molar-refractivity contribution >= 4 is 11.6 Å². The Morgan fingerprint density at radius 1 is 0.963 bits per heavy atom. The van der Waals surface area contributed by atoms with Crippen molar-refractivity contribution in [2.45, 2.75) is 52.7 Å². The lowest BCUT2D eigenvalue weighted by molar-refractivity contribution is 0.269. The first-order chi connectivity index (χ1) is 13.1. The van der Waals surface area contributed by atoms with E-state index in [1.165, 1.54) is 37.8 Å². The Labute approximate surface area is 166 Å². The lowest BCUT2D eigenvalue weighted by Crippen LogP contribution is -2.15. The number of hydrogen-bond donors (Lipinski definition) is 1. The zero-order valence-corrected chi connectivity index (χ0v) is 16.9. The molecular weight excluding hydrogens is 365 g/mol. The summed E-state index contributed by atoms with van der Waals surface area (Å²) in [6.07, 6.45) is 4.93. The van der Waals surface area contributed by atoms with Gasteiger partial charge in [0.25, 0.3) is 0 Å². The second-order valence-corrected chi connectivity index (χ2v) is 6.88. The van der Waals surface area contributed by atoms with E-state index >= 15 is 0 Å². The maximum absolute atomic E-state index is 13.0. The Kier molecular flexibility index (Phi) is 9.43. The van der Waals surface area contributed by atoms with Gasteiger partial charge in [-0.3, -0.25) is 0 Å². The average Bonchev–Trinajstić information content (AvgIpc) is 2.67. The van der Waals surface area contributed by atoms with Gasteiger partial charge in [0.15, 0.2) is 11.5 Å². The molecule has 0 radical (unpaired) electrons. The minimum atomic E-state index is -0.261. The second-order valence-electron chi connectivity index (χ2n) is 6.48. The summed E-state index contributed by atoms with van der Waals surface area (Å²) in [4.78, 5) is 0. The molecule has 3 nitrogen and oxygen atoms in total. The number of nitrogens with one attached hydrogen (secondary N) is 1. The van der Waals surface area contributed by atoms with Crippen LogP contribution in [0, 0.1) is 5.82 Å². The van der Waals surface area contributed by atoms with Crippen LogP contribution in [0.3, 0.4) is 0 Å². The summed E-state index contributed by atoms with van der Waals surface area (Å²) in [6.45, 7) is 6.68. The van der Waals surface area contributed by atoms with Crippen LogP contribution in [0.1, 0.15) is 50.7 Å². The molecule has 0 saturated heterocycles. The molecule has 0 aliphatic carbocycles. The molecular formula is C22H29ClFNO2. The van der Waals surface area contributed by atoms with Crippen molar-refractivity contribution < 1.29 is 13.9 Å². The van der Waals surface area contributed by atoms with Gasteiger partial charge < -0.3 is 14.8 Å². The molecule has 1 N–H and O–H groups in total. The molecule has 0 saturated carbocycles. The molecule has 2 rings (SSSR count). The van der Waals surface area contributed by atoms with Crippen molar-refractivity contribution in [2.24, 2.45) is 0 Å². The normalized spacial score (nSPS) is 10.8. The third kappa shape index (κ3) is 7.39. The summed E-state index contributed by atoms with van der Waals surface area (Å²) in [5.41, 5.74) is 1.87. The Morgan fingerprint density at radius 2 is 1.70 bits per heavy atom. The maximum Gasteiger partial charge on any atom is 0.163 e. The molecule has 0 atom stereocenters. The van der Waals surface area contributed by atoms with E-state index < -0.39 is 0 Å². The van der Waals surface area contributed by atoms with E-state index in [0.717, 1.165) is 17.7 Å². The maximum atomic E-state index is 13.0. The number of unbranched alkanes of at least 4 members (excludes halogenated alkanes) is 3. The van der Waals surface area contributed by atoms with E-state index in [0.29, 0.717) is 36.3 Å². The fraction of sp³-hybridized carbons (Fsp3) is 0.455. The molecule has 0 aliphatic heterocycles. The van der Waals surface area contributed by atoms with Gasteiger partial charge in [-0.15, -0.1) is 0 Å². The Bertz CT molecular complexity index is 691. The van der Waals surface area contributed by atoms with Crippen molar-refractivity contribution in [2.75, 3.05) is 13.2 Å². The van der Waals surface area contributed by atoms with Crippen LogP contribution < -0.4 is 14.8 Å². The van der Waals surface area contributed by atoms with Gasteiger partial charge in [-0.05, 0) is 49.2 Å². The van der Waals surface area contributed by atoms with Gasteiger partial charge in [0, 0.05) is 17.6 Å². The highest BCUT2D eigenvalue weighted by Gasteiger charge is 2.11. The number of benzene rings is 2. The van der Waals surface area contributed by atoms with Crippen molar-refractivity contribution in [1.82, 2.24) is 5.32 Å². The first-order valence-corrected chi connectivity index (χ1v) is 10.0. The number of halogens is 2. The minimum Gasteiger partial charge on any atom is -0.490 e. The Hall–Kier alpha value is -1.78. The molecule has 0 aliphatic rings. The molecule has 148 valence electrons. The van der Waals surface area contributed by atoms with Crippen LogP contribution in [0.15, 0.2) is 36.4 Å². The molecule has 0 aromatic heterocycles. The predicted octanol–water partition coefficient (Wildman–Crippen LogP) is 6.13. The summed E-state index contributed by atoms with van der Waals surface area (Å²) in [7, 11) is 0. The Morgan fingerprint density at radius 3 is 2.41 bits per heavy atom. The molecule has 0 unspecified atom stereocenters. The van der Waals surface area contributed by atoms with Crippen LogP contribution in [0.5, 0.6) is 11.5 Å². The molecule has 0 spiro atoms. The Balaban J connectivity index is 1.98. The van der Waals surface area contributed by atoms with E-state index in [1.807, 2.05) is 13.0 Å². The predicted molar refractivity (Wildman–Crippen MR) is 109 cm³/mol. The summed E-state index contributed by atoms with van der Waals surface area (Å²) >= 11 is 6.44. The largest absolute Gasteiger partial charge is 0.490 e. The zero-order valence-electron chi connectivity index (χ0n) is 16.2. The summed E-state index contributed by atoms with van der Waals surface area (Å²) < 4.78 is 24.6. The second kappa shape index (κ2) is 11.8. The summed E-state index contributed by atoms with van der Waals surface area (Å²) in [5, 5.41) is 4.08. The van der Waals surface area contributed by atoms with E-state index in [4.69, 9.17) is 21.1 Å². The molecule has 5 heteroatoms. The monoisotopic (exact) mass is 393 g/mol. The van der Waals surface area contributed by atoms with Crippen LogP contribution in [0.2, 0.25) is 5.02 Å². The van der Waals surface area contributed by atoms with Crippen LogP contribution in [0.25, 0.3) is 0 Å². The highest BCUT2D eigenvalue weighted by Crippen LogP contribution is 2.34. The van der Waals surface area contributed by atoms with Crippen LogP contribution >= 0.6 is 11.6 Å². The summed E-state index contributed by atoms with van der Waals surface area (Å²) in [6, 6.07) is 9.98. The van der Waals surface area contributed by atoms with Crippen LogP contribution in [-0.4, -0.2) is 13.2 Å². The third-order valence-electron chi connectivity index (χ3n) is 4.24. The van der Waals surface area contributed by atoms with Crippen LogP contribution in [-0.2, 0) is 13.2 Å². The lowest BCUT2D eigenvalue weighted by Gasteiger charge is -2.15.